The second kappa shape index (κ2) is 7.55. The molecule has 3 rings (SSSR count). The molecular weight excluding hydrogens is 316 g/mol. The fourth-order valence-corrected chi connectivity index (χ4v) is 4.36. The summed E-state index contributed by atoms with van der Waals surface area (Å²) in [5.41, 5.74) is 1.06. The van der Waals surface area contributed by atoms with Crippen LogP contribution in [0.4, 0.5) is 0 Å². The molecule has 0 radical (unpaired) electrons. The van der Waals surface area contributed by atoms with Gasteiger partial charge in [-0.3, -0.25) is 9.69 Å². The molecule has 0 amide bonds. The Labute approximate surface area is 139 Å². The Hall–Kier alpha value is -0.950. The predicted octanol–water partition coefficient (Wildman–Crippen LogP) is 2.96. The smallest absolute Gasteiger partial charge is 0.307 e. The third-order valence-corrected chi connectivity index (χ3v) is 5.80. The van der Waals surface area contributed by atoms with Crippen LogP contribution in [0.3, 0.4) is 0 Å². The van der Waals surface area contributed by atoms with Gasteiger partial charge in [-0.1, -0.05) is 17.4 Å². The average Bonchev–Trinajstić information content (AvgIpc) is 3.22. The molecule has 0 bridgehead atoms. The van der Waals surface area contributed by atoms with Gasteiger partial charge in [0.1, 0.15) is 0 Å². The molecule has 1 atom stereocenters. The average molecular weight is 338 g/mol. The van der Waals surface area contributed by atoms with E-state index in [1.807, 2.05) is 16.9 Å². The molecule has 1 unspecified atom stereocenters. The van der Waals surface area contributed by atoms with Gasteiger partial charge in [-0.15, -0.1) is 11.3 Å². The highest BCUT2D eigenvalue weighted by molar-refractivity contribution is 7.09. The summed E-state index contributed by atoms with van der Waals surface area (Å²) in [7, 11) is 0. The van der Waals surface area contributed by atoms with Crippen LogP contribution < -0.4 is 4.87 Å². The molecule has 2 aromatic rings. The van der Waals surface area contributed by atoms with E-state index in [1.165, 1.54) is 22.6 Å². The maximum absolute atomic E-state index is 11.9. The number of thiophene rings is 1. The van der Waals surface area contributed by atoms with Crippen LogP contribution >= 0.6 is 22.7 Å². The number of aromatic nitrogens is 1. The van der Waals surface area contributed by atoms with Gasteiger partial charge in [0.2, 0.25) is 0 Å². The van der Waals surface area contributed by atoms with Crippen molar-refractivity contribution in [3.05, 3.63) is 43.1 Å². The first kappa shape index (κ1) is 15.9. The maximum Gasteiger partial charge on any atom is 0.307 e. The summed E-state index contributed by atoms with van der Waals surface area (Å²) in [5, 5.41) is 4.05. The quantitative estimate of drug-likeness (QED) is 0.778. The summed E-state index contributed by atoms with van der Waals surface area (Å²) in [5.74, 6) is 0. The SMILES string of the molecule is Cc1csc(=O)n1CCN(Cc1cccs1)CC1CCCO1. The van der Waals surface area contributed by atoms with E-state index >= 15 is 0 Å². The second-order valence-electron chi connectivity index (χ2n) is 5.74. The molecule has 0 spiro atoms. The molecule has 6 heteroatoms. The zero-order valence-electron chi connectivity index (χ0n) is 12.9. The maximum atomic E-state index is 11.9. The van der Waals surface area contributed by atoms with Crippen molar-refractivity contribution >= 4 is 22.7 Å². The van der Waals surface area contributed by atoms with E-state index in [4.69, 9.17) is 4.74 Å². The van der Waals surface area contributed by atoms with Crippen LogP contribution in [0.1, 0.15) is 23.4 Å². The van der Waals surface area contributed by atoms with Crippen LogP contribution in [0.15, 0.2) is 27.7 Å². The zero-order chi connectivity index (χ0) is 15.4. The first-order valence-corrected chi connectivity index (χ1v) is 9.49. The summed E-state index contributed by atoms with van der Waals surface area (Å²) in [6.07, 6.45) is 2.67. The molecule has 1 aliphatic rings. The van der Waals surface area contributed by atoms with E-state index in [0.29, 0.717) is 6.10 Å². The fourth-order valence-electron chi connectivity index (χ4n) is 2.85. The van der Waals surface area contributed by atoms with E-state index in [2.05, 4.69) is 22.4 Å². The molecule has 22 heavy (non-hydrogen) atoms. The van der Waals surface area contributed by atoms with Gasteiger partial charge >= 0.3 is 4.87 Å². The Morgan fingerprint density at radius 1 is 1.45 bits per heavy atom. The van der Waals surface area contributed by atoms with Crippen LogP contribution in [0.5, 0.6) is 0 Å². The summed E-state index contributed by atoms with van der Waals surface area (Å²) >= 11 is 3.08. The Bertz CT molecular complexity index is 627. The molecule has 1 aliphatic heterocycles. The molecule has 3 heterocycles. The number of hydrogen-bond acceptors (Lipinski definition) is 5. The van der Waals surface area contributed by atoms with Crippen molar-refractivity contribution in [2.75, 3.05) is 19.7 Å². The van der Waals surface area contributed by atoms with Gasteiger partial charge in [-0.2, -0.15) is 0 Å². The first-order chi connectivity index (χ1) is 10.7. The second-order valence-corrected chi connectivity index (χ2v) is 7.60. The number of ether oxygens (including phenoxy) is 1. The Kier molecular flexibility index (Phi) is 5.46. The minimum Gasteiger partial charge on any atom is -0.377 e. The predicted molar refractivity (Wildman–Crippen MR) is 91.9 cm³/mol. The highest BCUT2D eigenvalue weighted by atomic mass is 32.1. The lowest BCUT2D eigenvalue weighted by molar-refractivity contribution is 0.0695. The summed E-state index contributed by atoms with van der Waals surface area (Å²) in [4.78, 5) is 15.8. The normalized spacial score (nSPS) is 18.4. The standard InChI is InChI=1S/C16H22N2O2S2/c1-13-12-22-16(19)18(13)7-6-17(10-14-4-2-8-20-14)11-15-5-3-9-21-15/h3,5,9,12,14H,2,4,6-8,10-11H2,1H3. The molecule has 4 nitrogen and oxygen atoms in total. The third kappa shape index (κ3) is 4.07. The Morgan fingerprint density at radius 2 is 2.36 bits per heavy atom. The number of aryl methyl sites for hydroxylation is 1. The topological polar surface area (TPSA) is 34.5 Å². The zero-order valence-corrected chi connectivity index (χ0v) is 14.5. The molecule has 0 aliphatic carbocycles. The van der Waals surface area contributed by atoms with Gasteiger partial charge in [-0.05, 0) is 31.2 Å². The lowest BCUT2D eigenvalue weighted by Crippen LogP contribution is -2.35. The molecule has 1 fully saturated rings. The van der Waals surface area contributed by atoms with E-state index in [-0.39, 0.29) is 4.87 Å². The number of thiazole rings is 1. The number of rotatable bonds is 7. The van der Waals surface area contributed by atoms with Crippen molar-refractivity contribution < 1.29 is 4.74 Å². The van der Waals surface area contributed by atoms with Gasteiger partial charge in [0.15, 0.2) is 0 Å². The van der Waals surface area contributed by atoms with Crippen LogP contribution in [0.2, 0.25) is 0 Å². The van der Waals surface area contributed by atoms with Crippen molar-refractivity contribution in [2.24, 2.45) is 0 Å². The van der Waals surface area contributed by atoms with Gasteiger partial charge in [0.25, 0.3) is 0 Å². The minimum absolute atomic E-state index is 0.144. The monoisotopic (exact) mass is 338 g/mol. The van der Waals surface area contributed by atoms with E-state index in [0.717, 1.165) is 44.9 Å². The van der Waals surface area contributed by atoms with Gasteiger partial charge in [0, 0.05) is 48.7 Å². The molecule has 1 saturated heterocycles. The van der Waals surface area contributed by atoms with Crippen LogP contribution in [0.25, 0.3) is 0 Å². The molecule has 0 aromatic carbocycles. The van der Waals surface area contributed by atoms with Crippen LogP contribution in [0, 0.1) is 6.92 Å². The van der Waals surface area contributed by atoms with Gasteiger partial charge in [0.05, 0.1) is 6.10 Å². The van der Waals surface area contributed by atoms with E-state index < -0.39 is 0 Å². The Morgan fingerprint density at radius 3 is 3.00 bits per heavy atom. The van der Waals surface area contributed by atoms with Crippen LogP contribution in [-0.2, 0) is 17.8 Å². The van der Waals surface area contributed by atoms with Crippen molar-refractivity contribution in [3.63, 3.8) is 0 Å². The van der Waals surface area contributed by atoms with Gasteiger partial charge in [-0.25, -0.2) is 0 Å². The number of hydrogen-bond donors (Lipinski definition) is 0. The summed E-state index contributed by atoms with van der Waals surface area (Å²) in [6, 6.07) is 4.27. The molecule has 0 saturated carbocycles. The van der Waals surface area contributed by atoms with E-state index in [9.17, 15) is 4.79 Å². The Balaban J connectivity index is 1.63. The highest BCUT2D eigenvalue weighted by Crippen LogP contribution is 2.17. The highest BCUT2D eigenvalue weighted by Gasteiger charge is 2.20. The van der Waals surface area contributed by atoms with Gasteiger partial charge < -0.3 is 9.30 Å². The lowest BCUT2D eigenvalue weighted by Gasteiger charge is -2.25. The van der Waals surface area contributed by atoms with Crippen molar-refractivity contribution in [3.8, 4) is 0 Å². The summed E-state index contributed by atoms with van der Waals surface area (Å²) in [6.45, 7) is 6.43. The third-order valence-electron chi connectivity index (χ3n) is 4.06. The lowest BCUT2D eigenvalue weighted by atomic mass is 10.2. The van der Waals surface area contributed by atoms with Crippen molar-refractivity contribution in [2.45, 2.75) is 39.0 Å². The molecule has 120 valence electrons. The van der Waals surface area contributed by atoms with Crippen LogP contribution in [-0.4, -0.2) is 35.3 Å². The molecule has 2 aromatic heterocycles. The number of nitrogens with zero attached hydrogens (tertiary/aromatic N) is 2. The minimum atomic E-state index is 0.144. The van der Waals surface area contributed by atoms with Crippen molar-refractivity contribution in [1.82, 2.24) is 9.47 Å². The summed E-state index contributed by atoms with van der Waals surface area (Å²) < 4.78 is 7.66. The van der Waals surface area contributed by atoms with Crippen molar-refractivity contribution in [1.29, 1.82) is 0 Å². The van der Waals surface area contributed by atoms with E-state index in [1.54, 1.807) is 11.3 Å². The molecule has 0 N–H and O–H groups in total. The largest absolute Gasteiger partial charge is 0.377 e. The fraction of sp³-hybridized carbons (Fsp3) is 0.562. The molecular formula is C16H22N2O2S2. The first-order valence-electron chi connectivity index (χ1n) is 7.73.